The molecular weight excluding hydrogens is 308 g/mol. The monoisotopic (exact) mass is 344 g/mol. The fourth-order valence-electron chi connectivity index (χ4n) is 4.13. The Kier molecular flexibility index (Phi) is 6.60. The number of hydrogen-bond acceptors (Lipinski definition) is 4. The molecule has 2 aliphatic heterocycles. The normalized spacial score (nSPS) is 21.0. The molecule has 1 aromatic rings. The summed E-state index contributed by atoms with van der Waals surface area (Å²) in [6.45, 7) is 14.2. The van der Waals surface area contributed by atoms with Gasteiger partial charge in [0.2, 0.25) is 0 Å². The van der Waals surface area contributed by atoms with E-state index in [1.807, 2.05) is 0 Å². The molecule has 4 nitrogen and oxygen atoms in total. The number of nitrogens with two attached hydrogens (primary N) is 1. The van der Waals surface area contributed by atoms with Gasteiger partial charge >= 0.3 is 0 Å². The van der Waals surface area contributed by atoms with Crippen LogP contribution < -0.4 is 10.6 Å². The maximum absolute atomic E-state index is 6.37. The highest BCUT2D eigenvalue weighted by molar-refractivity contribution is 5.68. The van der Waals surface area contributed by atoms with E-state index in [-0.39, 0.29) is 0 Å². The summed E-state index contributed by atoms with van der Waals surface area (Å²) in [4.78, 5) is 7.61. The Morgan fingerprint density at radius 2 is 1.68 bits per heavy atom. The molecule has 0 spiro atoms. The maximum Gasteiger partial charge on any atom is 0.0600 e. The summed E-state index contributed by atoms with van der Waals surface area (Å²) >= 11 is 0. The lowest BCUT2D eigenvalue weighted by Crippen LogP contribution is -2.46. The first-order chi connectivity index (χ1) is 12.2. The molecule has 0 radical (unpaired) electrons. The second-order valence-electron chi connectivity index (χ2n) is 7.94. The molecule has 0 aromatic heterocycles. The van der Waals surface area contributed by atoms with Crippen molar-refractivity contribution in [2.45, 2.75) is 39.5 Å². The second kappa shape index (κ2) is 8.91. The number of benzene rings is 1. The van der Waals surface area contributed by atoms with Gasteiger partial charge in [0.25, 0.3) is 0 Å². The van der Waals surface area contributed by atoms with E-state index < -0.39 is 0 Å². The van der Waals surface area contributed by atoms with Crippen LogP contribution in [-0.2, 0) is 6.42 Å². The molecule has 2 N–H and O–H groups in total. The zero-order valence-electron chi connectivity index (χ0n) is 16.2. The number of hydrogen-bond donors (Lipinski definition) is 1. The van der Waals surface area contributed by atoms with Crippen molar-refractivity contribution in [3.8, 4) is 0 Å². The molecule has 0 unspecified atom stereocenters. The number of piperidine rings is 1. The largest absolute Gasteiger partial charge is 0.397 e. The van der Waals surface area contributed by atoms with Crippen LogP contribution in [0.25, 0.3) is 0 Å². The first-order valence-electron chi connectivity index (χ1n) is 10.2. The number of aryl methyl sites for hydroxylation is 1. The molecule has 2 heterocycles. The fourth-order valence-corrected chi connectivity index (χ4v) is 4.13. The van der Waals surface area contributed by atoms with Crippen LogP contribution in [0, 0.1) is 5.92 Å². The van der Waals surface area contributed by atoms with E-state index in [1.165, 1.54) is 69.8 Å². The van der Waals surface area contributed by atoms with Gasteiger partial charge in [0.15, 0.2) is 0 Å². The van der Waals surface area contributed by atoms with Crippen molar-refractivity contribution in [3.05, 3.63) is 23.8 Å². The SMILES string of the molecule is CCN1CCN(CCCc2ccc(N3CCC(C)CC3)c(N)c2)CC1. The summed E-state index contributed by atoms with van der Waals surface area (Å²) in [5.74, 6) is 0.857. The van der Waals surface area contributed by atoms with E-state index in [4.69, 9.17) is 5.73 Å². The molecule has 2 aliphatic rings. The molecule has 2 saturated heterocycles. The van der Waals surface area contributed by atoms with E-state index in [2.05, 4.69) is 46.7 Å². The van der Waals surface area contributed by atoms with Crippen molar-refractivity contribution in [3.63, 3.8) is 0 Å². The molecule has 2 fully saturated rings. The lowest BCUT2D eigenvalue weighted by atomic mass is 9.98. The minimum absolute atomic E-state index is 0.857. The van der Waals surface area contributed by atoms with Crippen molar-refractivity contribution < 1.29 is 0 Å². The van der Waals surface area contributed by atoms with Gasteiger partial charge in [-0.05, 0) is 62.4 Å². The maximum atomic E-state index is 6.37. The van der Waals surface area contributed by atoms with Crippen LogP contribution >= 0.6 is 0 Å². The first-order valence-corrected chi connectivity index (χ1v) is 10.2. The number of nitrogen functional groups attached to an aromatic ring is 1. The van der Waals surface area contributed by atoms with Crippen LogP contribution in [0.1, 0.15) is 38.7 Å². The molecule has 0 aliphatic carbocycles. The van der Waals surface area contributed by atoms with E-state index in [0.29, 0.717) is 0 Å². The Bertz CT molecular complexity index is 529. The minimum atomic E-state index is 0.857. The average molecular weight is 345 g/mol. The van der Waals surface area contributed by atoms with Gasteiger partial charge in [0.1, 0.15) is 0 Å². The van der Waals surface area contributed by atoms with Gasteiger partial charge in [-0.2, -0.15) is 0 Å². The topological polar surface area (TPSA) is 35.7 Å². The predicted octanol–water partition coefficient (Wildman–Crippen LogP) is 3.08. The van der Waals surface area contributed by atoms with E-state index in [0.717, 1.165) is 31.1 Å². The Balaban J connectivity index is 1.45. The van der Waals surface area contributed by atoms with Gasteiger partial charge in [0, 0.05) is 39.3 Å². The van der Waals surface area contributed by atoms with E-state index >= 15 is 0 Å². The lowest BCUT2D eigenvalue weighted by Gasteiger charge is -2.34. The molecule has 0 atom stereocenters. The molecular formula is C21H36N4. The summed E-state index contributed by atoms with van der Waals surface area (Å²) in [5, 5.41) is 0. The predicted molar refractivity (Wildman–Crippen MR) is 108 cm³/mol. The summed E-state index contributed by atoms with van der Waals surface area (Å²) in [6.07, 6.45) is 4.93. The second-order valence-corrected chi connectivity index (χ2v) is 7.94. The van der Waals surface area contributed by atoms with Crippen LogP contribution in [0.5, 0.6) is 0 Å². The van der Waals surface area contributed by atoms with Crippen LogP contribution in [0.15, 0.2) is 18.2 Å². The highest BCUT2D eigenvalue weighted by atomic mass is 15.3. The van der Waals surface area contributed by atoms with Gasteiger partial charge in [-0.1, -0.05) is 19.9 Å². The van der Waals surface area contributed by atoms with Crippen molar-refractivity contribution >= 4 is 11.4 Å². The van der Waals surface area contributed by atoms with Crippen molar-refractivity contribution in [2.75, 3.05) is 63.0 Å². The first kappa shape index (κ1) is 18.5. The van der Waals surface area contributed by atoms with Crippen LogP contribution in [0.3, 0.4) is 0 Å². The average Bonchev–Trinajstić information content (AvgIpc) is 2.63. The Hall–Kier alpha value is -1.26. The number of likely N-dealkylation sites (N-methyl/N-ethyl adjacent to an activating group) is 1. The standard InChI is InChI=1S/C21H36N4/c1-3-23-13-15-24(16-14-23)10-4-5-19-6-7-21(20(22)17-19)25-11-8-18(2)9-12-25/h6-7,17-18H,3-5,8-16,22H2,1-2H3. The Morgan fingerprint density at radius 1 is 1.00 bits per heavy atom. The smallest absolute Gasteiger partial charge is 0.0600 e. The number of piperazine rings is 1. The molecule has 0 bridgehead atoms. The third-order valence-corrected chi connectivity index (χ3v) is 6.07. The summed E-state index contributed by atoms with van der Waals surface area (Å²) in [5.41, 5.74) is 9.97. The highest BCUT2D eigenvalue weighted by Crippen LogP contribution is 2.29. The Labute approximate surface area is 154 Å². The van der Waals surface area contributed by atoms with Crippen molar-refractivity contribution in [2.24, 2.45) is 5.92 Å². The molecule has 25 heavy (non-hydrogen) atoms. The molecule has 4 heteroatoms. The molecule has 3 rings (SSSR count). The zero-order valence-corrected chi connectivity index (χ0v) is 16.2. The van der Waals surface area contributed by atoms with Gasteiger partial charge < -0.3 is 20.4 Å². The van der Waals surface area contributed by atoms with Crippen molar-refractivity contribution in [1.82, 2.24) is 9.80 Å². The minimum Gasteiger partial charge on any atom is -0.397 e. The molecule has 0 amide bonds. The zero-order chi connectivity index (χ0) is 17.6. The van der Waals surface area contributed by atoms with Crippen molar-refractivity contribution in [1.29, 1.82) is 0 Å². The third kappa shape index (κ3) is 5.11. The van der Waals surface area contributed by atoms with E-state index in [1.54, 1.807) is 0 Å². The number of anilines is 2. The van der Waals surface area contributed by atoms with Gasteiger partial charge in [0.05, 0.1) is 11.4 Å². The van der Waals surface area contributed by atoms with Crippen LogP contribution in [-0.4, -0.2) is 62.2 Å². The third-order valence-electron chi connectivity index (χ3n) is 6.07. The van der Waals surface area contributed by atoms with Crippen LogP contribution in [0.2, 0.25) is 0 Å². The quantitative estimate of drug-likeness (QED) is 0.805. The van der Waals surface area contributed by atoms with Gasteiger partial charge in [-0.3, -0.25) is 0 Å². The number of nitrogens with zero attached hydrogens (tertiary/aromatic N) is 3. The number of rotatable bonds is 6. The molecule has 0 saturated carbocycles. The van der Waals surface area contributed by atoms with Gasteiger partial charge in [-0.15, -0.1) is 0 Å². The fraction of sp³-hybridized carbons (Fsp3) is 0.714. The summed E-state index contributed by atoms with van der Waals surface area (Å²) < 4.78 is 0. The lowest BCUT2D eigenvalue weighted by molar-refractivity contribution is 0.136. The molecule has 140 valence electrons. The highest BCUT2D eigenvalue weighted by Gasteiger charge is 2.18. The van der Waals surface area contributed by atoms with Gasteiger partial charge in [-0.25, -0.2) is 0 Å². The van der Waals surface area contributed by atoms with Crippen LogP contribution in [0.4, 0.5) is 11.4 Å². The molecule has 1 aromatic carbocycles. The van der Waals surface area contributed by atoms with E-state index in [9.17, 15) is 0 Å². The Morgan fingerprint density at radius 3 is 2.32 bits per heavy atom. The summed E-state index contributed by atoms with van der Waals surface area (Å²) in [6, 6.07) is 6.75. The summed E-state index contributed by atoms with van der Waals surface area (Å²) in [7, 11) is 0.